The monoisotopic (exact) mass is 276 g/mol. The van der Waals surface area contributed by atoms with E-state index in [1.807, 2.05) is 0 Å². The van der Waals surface area contributed by atoms with Crippen molar-refractivity contribution >= 4 is 0 Å². The largest absolute Gasteiger partial charge is 0.435 e. The maximum atomic E-state index is 13.0. The van der Waals surface area contributed by atoms with Crippen LogP contribution in [0, 0.1) is 0 Å². The van der Waals surface area contributed by atoms with E-state index in [4.69, 9.17) is 0 Å². The van der Waals surface area contributed by atoms with Gasteiger partial charge in [0.2, 0.25) is 5.83 Å². The summed E-state index contributed by atoms with van der Waals surface area (Å²) in [5.74, 6) is -18.4. The van der Waals surface area contributed by atoms with Crippen LogP contribution in [0.1, 0.15) is 6.42 Å². The highest BCUT2D eigenvalue weighted by Crippen LogP contribution is 2.61. The summed E-state index contributed by atoms with van der Waals surface area (Å²) in [6.45, 7) is 0. The summed E-state index contributed by atoms with van der Waals surface area (Å²) in [7, 11) is 0. The van der Waals surface area contributed by atoms with Crippen LogP contribution in [-0.2, 0) is 0 Å². The summed E-state index contributed by atoms with van der Waals surface area (Å²) in [5.41, 5.74) is -6.48. The van der Waals surface area contributed by atoms with Crippen molar-refractivity contribution in [1.82, 2.24) is 0 Å². The molecule has 17 heavy (non-hydrogen) atoms. The Hall–Kier alpha value is -0.960. The normalized spacial score (nSPS) is 32.8. The first-order valence-corrected chi connectivity index (χ1v) is 3.85. The Morgan fingerprint density at radius 2 is 1.29 bits per heavy atom. The molecule has 1 unspecified atom stereocenters. The van der Waals surface area contributed by atoms with Crippen molar-refractivity contribution in [2.75, 3.05) is 0 Å². The first kappa shape index (κ1) is 14.1. The van der Waals surface area contributed by atoms with Gasteiger partial charge in [-0.05, 0) is 0 Å². The van der Waals surface area contributed by atoms with Crippen LogP contribution in [0.2, 0.25) is 0 Å². The van der Waals surface area contributed by atoms with E-state index >= 15 is 0 Å². The van der Waals surface area contributed by atoms with Crippen LogP contribution in [0.15, 0.2) is 11.7 Å². The van der Waals surface area contributed by atoms with Crippen molar-refractivity contribution < 1.29 is 43.9 Å². The fraction of sp³-hybridized carbons (Fsp3) is 0.714. The molecule has 1 aliphatic carbocycles. The van der Waals surface area contributed by atoms with E-state index in [1.54, 1.807) is 0 Å². The molecule has 0 aromatic rings. The third-order valence-electron chi connectivity index (χ3n) is 2.22. The Morgan fingerprint density at radius 3 is 1.65 bits per heavy atom. The molecular formula is C7H2F10. The first-order valence-electron chi connectivity index (χ1n) is 3.85. The van der Waals surface area contributed by atoms with Gasteiger partial charge >= 0.3 is 23.7 Å². The zero-order valence-electron chi connectivity index (χ0n) is 7.49. The van der Waals surface area contributed by atoms with E-state index in [1.165, 1.54) is 0 Å². The maximum absolute atomic E-state index is 13.0. The molecule has 10 heteroatoms. The molecule has 0 N–H and O–H groups in total. The second-order valence-corrected chi connectivity index (χ2v) is 3.33. The molecule has 1 atom stereocenters. The van der Waals surface area contributed by atoms with Gasteiger partial charge in [0.1, 0.15) is 5.83 Å². The van der Waals surface area contributed by atoms with Gasteiger partial charge in [-0.25, -0.2) is 22.0 Å². The topological polar surface area (TPSA) is 0 Å². The number of rotatable bonds is 0. The Balaban J connectivity index is 3.58. The molecular weight excluding hydrogens is 274 g/mol. The van der Waals surface area contributed by atoms with Gasteiger partial charge in [-0.15, -0.1) is 0 Å². The van der Waals surface area contributed by atoms with Gasteiger partial charge in [-0.2, -0.15) is 22.0 Å². The summed E-state index contributed by atoms with van der Waals surface area (Å²) >= 11 is 0. The molecule has 0 heterocycles. The van der Waals surface area contributed by atoms with Crippen molar-refractivity contribution in [2.24, 2.45) is 0 Å². The molecule has 1 aliphatic rings. The van der Waals surface area contributed by atoms with E-state index in [0.29, 0.717) is 0 Å². The van der Waals surface area contributed by atoms with Gasteiger partial charge in [0.05, 0.1) is 6.42 Å². The Morgan fingerprint density at radius 1 is 0.882 bits per heavy atom. The van der Waals surface area contributed by atoms with Crippen molar-refractivity contribution in [3.8, 4) is 0 Å². The third-order valence-corrected chi connectivity index (χ3v) is 2.22. The Labute approximate surface area is 86.9 Å². The Kier molecular flexibility index (Phi) is 2.73. The Bertz CT molecular complexity index is 363. The molecule has 0 aromatic carbocycles. The highest BCUT2D eigenvalue weighted by Gasteiger charge is 2.86. The molecule has 100 valence electrons. The predicted molar refractivity (Wildman–Crippen MR) is 33.6 cm³/mol. The lowest BCUT2D eigenvalue weighted by Gasteiger charge is -2.41. The lowest BCUT2D eigenvalue weighted by atomic mass is 9.81. The average Bonchev–Trinajstić information content (AvgIpc) is 2.10. The molecule has 0 nitrogen and oxygen atoms in total. The predicted octanol–water partition coefficient (Wildman–Crippen LogP) is 4.08. The quantitative estimate of drug-likeness (QED) is 0.585. The second-order valence-electron chi connectivity index (χ2n) is 3.33. The van der Waals surface area contributed by atoms with E-state index in [-0.39, 0.29) is 0 Å². The van der Waals surface area contributed by atoms with Crippen molar-refractivity contribution in [1.29, 1.82) is 0 Å². The summed E-state index contributed by atoms with van der Waals surface area (Å²) in [4.78, 5) is 0. The lowest BCUT2D eigenvalue weighted by molar-refractivity contribution is -0.365. The van der Waals surface area contributed by atoms with Crippen molar-refractivity contribution in [3.63, 3.8) is 0 Å². The zero-order chi connectivity index (χ0) is 13.9. The molecule has 0 aromatic heterocycles. The minimum Gasteiger partial charge on any atom is -0.220 e. The van der Waals surface area contributed by atoms with E-state index < -0.39 is 41.8 Å². The van der Waals surface area contributed by atoms with Crippen LogP contribution in [0.5, 0.6) is 0 Å². The zero-order valence-corrected chi connectivity index (χ0v) is 7.49. The highest BCUT2D eigenvalue weighted by atomic mass is 19.4. The maximum Gasteiger partial charge on any atom is 0.435 e. The second kappa shape index (κ2) is 3.29. The first-order chi connectivity index (χ1) is 7.29. The number of alkyl halides is 8. The lowest BCUT2D eigenvalue weighted by Crippen LogP contribution is -2.68. The number of halogens is 10. The molecule has 0 bridgehead atoms. The molecule has 0 amide bonds. The van der Waals surface area contributed by atoms with Crippen LogP contribution in [-0.4, -0.2) is 23.7 Å². The molecule has 0 fully saturated rings. The number of allylic oxidation sites excluding steroid dienone is 2. The fourth-order valence-corrected chi connectivity index (χ4v) is 1.33. The van der Waals surface area contributed by atoms with Crippen LogP contribution >= 0.6 is 0 Å². The fourth-order valence-electron chi connectivity index (χ4n) is 1.33. The summed E-state index contributed by atoms with van der Waals surface area (Å²) in [6.07, 6.45) is -9.48. The van der Waals surface area contributed by atoms with Crippen LogP contribution < -0.4 is 0 Å². The van der Waals surface area contributed by atoms with Gasteiger partial charge in [0.15, 0.2) is 0 Å². The van der Waals surface area contributed by atoms with Crippen molar-refractivity contribution in [3.05, 3.63) is 11.7 Å². The average molecular weight is 276 g/mol. The molecule has 0 radical (unpaired) electrons. The van der Waals surface area contributed by atoms with Gasteiger partial charge < -0.3 is 0 Å². The van der Waals surface area contributed by atoms with Crippen LogP contribution in [0.3, 0.4) is 0 Å². The van der Waals surface area contributed by atoms with Gasteiger partial charge in [-0.1, -0.05) is 0 Å². The van der Waals surface area contributed by atoms with Gasteiger partial charge in [-0.3, -0.25) is 0 Å². The molecule has 1 rings (SSSR count). The van der Waals surface area contributed by atoms with E-state index in [2.05, 4.69) is 0 Å². The molecule has 0 spiro atoms. The summed E-state index contributed by atoms with van der Waals surface area (Å²) in [6, 6.07) is 0. The smallest absolute Gasteiger partial charge is 0.220 e. The highest BCUT2D eigenvalue weighted by molar-refractivity contribution is 5.29. The molecule has 0 aliphatic heterocycles. The molecule has 0 saturated heterocycles. The van der Waals surface area contributed by atoms with Crippen molar-refractivity contribution in [2.45, 2.75) is 30.1 Å². The standard InChI is InChI=1S/C7H2F10/c8-2-1-4(10,11)6(14,7(15,16)17)5(12,13)3(2)9/h1H2. The number of hydrogen-bond donors (Lipinski definition) is 0. The van der Waals surface area contributed by atoms with E-state index in [0.717, 1.165) is 0 Å². The van der Waals surface area contributed by atoms with Crippen LogP contribution in [0.4, 0.5) is 43.9 Å². The molecule has 0 saturated carbocycles. The number of hydrogen-bond acceptors (Lipinski definition) is 0. The minimum absolute atomic E-state index is 2.72. The van der Waals surface area contributed by atoms with Crippen LogP contribution in [0.25, 0.3) is 0 Å². The van der Waals surface area contributed by atoms with E-state index in [9.17, 15) is 43.9 Å². The van der Waals surface area contributed by atoms with Gasteiger partial charge in [0.25, 0.3) is 0 Å². The SMILES string of the molecule is FC1=C(F)C(F)(F)C(F)(C(F)(F)F)C(F)(F)C1. The summed E-state index contributed by atoms with van der Waals surface area (Å²) in [5, 5.41) is 0. The van der Waals surface area contributed by atoms with Gasteiger partial charge in [0, 0.05) is 0 Å². The summed E-state index contributed by atoms with van der Waals surface area (Å²) < 4.78 is 124. The minimum atomic E-state index is -6.77. The third kappa shape index (κ3) is 1.52.